The highest BCUT2D eigenvalue weighted by molar-refractivity contribution is 5.77. The van der Waals surface area contributed by atoms with Crippen LogP contribution in [-0.2, 0) is 9.53 Å². The van der Waals surface area contributed by atoms with Crippen LogP contribution in [0.2, 0.25) is 0 Å². The third-order valence-corrected chi connectivity index (χ3v) is 2.76. The minimum Gasteiger partial charge on any atom is -0.469 e. The number of ether oxygens (including phenoxy) is 1. The van der Waals surface area contributed by atoms with E-state index in [-0.39, 0.29) is 12.8 Å². The van der Waals surface area contributed by atoms with Crippen LogP contribution < -0.4 is 0 Å². The lowest BCUT2D eigenvalue weighted by atomic mass is 9.83. The van der Waals surface area contributed by atoms with Crippen LogP contribution in [0.5, 0.6) is 0 Å². The predicted octanol–water partition coefficient (Wildman–Crippen LogP) is 1.59. The third-order valence-electron chi connectivity index (χ3n) is 2.76. The molecule has 0 aliphatic heterocycles. The maximum Gasteiger partial charge on any atom is 0.313 e. The summed E-state index contributed by atoms with van der Waals surface area (Å²) >= 11 is 0. The number of furan rings is 1. The van der Waals surface area contributed by atoms with Crippen molar-refractivity contribution in [1.29, 1.82) is 0 Å². The summed E-state index contributed by atoms with van der Waals surface area (Å²) < 4.78 is 9.88. The molecule has 0 aliphatic carbocycles. The molecule has 1 rings (SSSR count). The Kier molecular flexibility index (Phi) is 6.15. The molecule has 4 heteroatoms. The van der Waals surface area contributed by atoms with Crippen molar-refractivity contribution >= 4 is 5.97 Å². The third kappa shape index (κ3) is 5.11. The van der Waals surface area contributed by atoms with Crippen molar-refractivity contribution in [3.05, 3.63) is 24.2 Å². The average Bonchev–Trinajstić information content (AvgIpc) is 2.99. The van der Waals surface area contributed by atoms with E-state index in [0.717, 1.165) is 0 Å². The summed E-state index contributed by atoms with van der Waals surface area (Å²) in [4.78, 5) is 11.9. The van der Waals surface area contributed by atoms with Gasteiger partial charge in [0.1, 0.15) is 0 Å². The van der Waals surface area contributed by atoms with Crippen molar-refractivity contribution in [3.8, 4) is 36.0 Å². The zero-order valence-electron chi connectivity index (χ0n) is 12.0. The monoisotopic (exact) mass is 284 g/mol. The molecule has 0 fully saturated rings. The highest BCUT2D eigenvalue weighted by Gasteiger charge is 2.32. The number of methoxy groups -OCH3 is 1. The van der Waals surface area contributed by atoms with Crippen LogP contribution in [0.25, 0.3) is 0 Å². The lowest BCUT2D eigenvalue weighted by Crippen LogP contribution is -2.28. The van der Waals surface area contributed by atoms with Gasteiger partial charge in [0, 0.05) is 12.8 Å². The SMILES string of the molecule is C#CC(O)C#CCC(C)(CC#Cc1ccco1)C(=O)OC. The molecule has 2 unspecified atom stereocenters. The first-order chi connectivity index (χ1) is 10.0. The molecule has 1 heterocycles. The molecule has 0 radical (unpaired) electrons. The van der Waals surface area contributed by atoms with Crippen molar-refractivity contribution in [2.24, 2.45) is 5.41 Å². The second kappa shape index (κ2) is 7.85. The number of aliphatic hydroxyl groups excluding tert-OH is 1. The van der Waals surface area contributed by atoms with Crippen molar-refractivity contribution in [2.45, 2.75) is 25.9 Å². The van der Waals surface area contributed by atoms with Gasteiger partial charge in [0.2, 0.25) is 0 Å². The molecule has 0 bridgehead atoms. The fraction of sp³-hybridized carbons (Fsp3) is 0.353. The van der Waals surface area contributed by atoms with Gasteiger partial charge in [-0.3, -0.25) is 4.79 Å². The van der Waals surface area contributed by atoms with Gasteiger partial charge in [-0.1, -0.05) is 23.7 Å². The van der Waals surface area contributed by atoms with Gasteiger partial charge in [-0.25, -0.2) is 0 Å². The minimum absolute atomic E-state index is 0.186. The Labute approximate surface area is 124 Å². The normalized spacial score (nSPS) is 13.4. The van der Waals surface area contributed by atoms with Crippen LogP contribution in [0.4, 0.5) is 0 Å². The van der Waals surface area contributed by atoms with E-state index in [1.807, 2.05) is 0 Å². The van der Waals surface area contributed by atoms with Crippen LogP contribution in [0.3, 0.4) is 0 Å². The molecule has 0 spiro atoms. The van der Waals surface area contributed by atoms with Gasteiger partial charge >= 0.3 is 5.97 Å². The van der Waals surface area contributed by atoms with Crippen LogP contribution in [0.15, 0.2) is 22.8 Å². The van der Waals surface area contributed by atoms with Crippen molar-refractivity contribution < 1.29 is 19.1 Å². The summed E-state index contributed by atoms with van der Waals surface area (Å²) in [5, 5.41) is 9.19. The zero-order chi connectivity index (χ0) is 15.7. The van der Waals surface area contributed by atoms with Gasteiger partial charge in [-0.15, -0.1) is 6.42 Å². The number of hydrogen-bond acceptors (Lipinski definition) is 4. The Morgan fingerprint density at radius 1 is 1.52 bits per heavy atom. The maximum absolute atomic E-state index is 11.9. The highest BCUT2D eigenvalue weighted by Crippen LogP contribution is 2.26. The predicted molar refractivity (Wildman–Crippen MR) is 77.6 cm³/mol. The minimum atomic E-state index is -1.14. The number of aliphatic hydroxyl groups is 1. The standard InChI is InChI=1S/C17H16O4/c1-4-14(18)8-5-11-17(2,16(19)20-3)12-6-9-15-10-7-13-21-15/h1,7,10,13-14,18H,11-12H2,2-3H3. The molecule has 2 atom stereocenters. The highest BCUT2D eigenvalue weighted by atomic mass is 16.5. The Morgan fingerprint density at radius 2 is 2.24 bits per heavy atom. The van der Waals surface area contributed by atoms with E-state index in [1.165, 1.54) is 13.4 Å². The van der Waals surface area contributed by atoms with Crippen molar-refractivity contribution in [1.82, 2.24) is 0 Å². The molecule has 21 heavy (non-hydrogen) atoms. The molecule has 1 aromatic heterocycles. The topological polar surface area (TPSA) is 59.7 Å². The molecule has 108 valence electrons. The van der Waals surface area contributed by atoms with E-state index in [0.29, 0.717) is 5.76 Å². The lowest BCUT2D eigenvalue weighted by Gasteiger charge is -2.21. The Hall–Kier alpha value is -2.61. The van der Waals surface area contributed by atoms with E-state index in [1.54, 1.807) is 19.1 Å². The van der Waals surface area contributed by atoms with Gasteiger partial charge in [0.25, 0.3) is 0 Å². The Morgan fingerprint density at radius 3 is 2.81 bits per heavy atom. The van der Waals surface area contributed by atoms with E-state index in [4.69, 9.17) is 15.6 Å². The smallest absolute Gasteiger partial charge is 0.313 e. The summed E-state index contributed by atoms with van der Waals surface area (Å²) in [5.74, 6) is 13.1. The molecule has 0 saturated carbocycles. The molecular formula is C17H16O4. The second-order valence-electron chi connectivity index (χ2n) is 4.58. The number of carbonyl (C=O) groups excluding carboxylic acids is 1. The summed E-state index contributed by atoms with van der Waals surface area (Å²) in [7, 11) is 1.31. The van der Waals surface area contributed by atoms with Gasteiger partial charge in [-0.2, -0.15) is 0 Å². The van der Waals surface area contributed by atoms with Gasteiger partial charge in [0.05, 0.1) is 18.8 Å². The molecule has 0 saturated heterocycles. The second-order valence-corrected chi connectivity index (χ2v) is 4.58. The maximum atomic E-state index is 11.9. The summed E-state index contributed by atoms with van der Waals surface area (Å²) in [6, 6.07) is 3.46. The first-order valence-corrected chi connectivity index (χ1v) is 6.25. The number of hydrogen-bond donors (Lipinski definition) is 1. The van der Waals surface area contributed by atoms with E-state index < -0.39 is 17.5 Å². The van der Waals surface area contributed by atoms with Crippen LogP contribution in [0.1, 0.15) is 25.5 Å². The lowest BCUT2D eigenvalue weighted by molar-refractivity contribution is -0.151. The summed E-state index contributed by atoms with van der Waals surface area (Å²) in [6.07, 6.45) is 5.84. The quantitative estimate of drug-likeness (QED) is 0.676. The molecular weight excluding hydrogens is 268 g/mol. The Bertz CT molecular complexity index is 628. The van der Waals surface area contributed by atoms with Crippen LogP contribution >= 0.6 is 0 Å². The molecule has 0 aliphatic rings. The summed E-state index contributed by atoms with van der Waals surface area (Å²) in [5.41, 5.74) is -0.893. The first kappa shape index (κ1) is 16.4. The Balaban J connectivity index is 2.81. The largest absolute Gasteiger partial charge is 0.469 e. The molecule has 0 aromatic carbocycles. The van der Waals surface area contributed by atoms with Crippen LogP contribution in [-0.4, -0.2) is 24.3 Å². The molecule has 1 N–H and O–H groups in total. The average molecular weight is 284 g/mol. The zero-order valence-corrected chi connectivity index (χ0v) is 12.0. The molecule has 0 amide bonds. The van der Waals surface area contributed by atoms with Gasteiger partial charge < -0.3 is 14.3 Å². The van der Waals surface area contributed by atoms with Crippen molar-refractivity contribution in [2.75, 3.05) is 7.11 Å². The van der Waals surface area contributed by atoms with E-state index >= 15 is 0 Å². The first-order valence-electron chi connectivity index (χ1n) is 6.25. The van der Waals surface area contributed by atoms with E-state index in [9.17, 15) is 9.90 Å². The molecule has 4 nitrogen and oxygen atoms in total. The van der Waals surface area contributed by atoms with Crippen molar-refractivity contribution in [3.63, 3.8) is 0 Å². The fourth-order valence-corrected chi connectivity index (χ4v) is 1.51. The number of esters is 1. The summed E-state index contributed by atoms with van der Waals surface area (Å²) in [6.45, 7) is 1.70. The van der Waals surface area contributed by atoms with Gasteiger partial charge in [0.15, 0.2) is 11.9 Å². The number of carbonyl (C=O) groups is 1. The fourth-order valence-electron chi connectivity index (χ4n) is 1.51. The number of terminal acetylenes is 1. The molecule has 1 aromatic rings. The number of rotatable bonds is 3. The van der Waals surface area contributed by atoms with E-state index in [2.05, 4.69) is 29.6 Å². The van der Waals surface area contributed by atoms with Crippen LogP contribution in [0, 0.1) is 41.4 Å². The van der Waals surface area contributed by atoms with Gasteiger partial charge in [-0.05, 0) is 25.0 Å².